The monoisotopic (exact) mass is 243 g/mol. The van der Waals surface area contributed by atoms with E-state index in [1.807, 2.05) is 0 Å². The Labute approximate surface area is 111 Å². The van der Waals surface area contributed by atoms with E-state index in [0.29, 0.717) is 6.04 Å². The van der Waals surface area contributed by atoms with Crippen LogP contribution in [0, 0.1) is 5.92 Å². The first-order valence-electron chi connectivity index (χ1n) is 7.65. The molecular weight excluding hydrogens is 218 g/mol. The first-order valence-corrected chi connectivity index (χ1v) is 7.65. The third-order valence-corrected chi connectivity index (χ3v) is 5.03. The van der Waals surface area contributed by atoms with Crippen LogP contribution in [-0.4, -0.2) is 7.05 Å². The molecule has 1 aromatic carbocycles. The molecule has 1 heteroatoms. The summed E-state index contributed by atoms with van der Waals surface area (Å²) < 4.78 is 0. The molecular formula is C17H25N. The Kier molecular flexibility index (Phi) is 3.69. The van der Waals surface area contributed by atoms with Gasteiger partial charge in [0, 0.05) is 6.04 Å². The molecule has 2 aliphatic rings. The average Bonchev–Trinajstić information content (AvgIpc) is 2.82. The van der Waals surface area contributed by atoms with Gasteiger partial charge in [0.1, 0.15) is 0 Å². The zero-order valence-corrected chi connectivity index (χ0v) is 11.5. The topological polar surface area (TPSA) is 12.0 Å². The molecule has 0 heterocycles. The van der Waals surface area contributed by atoms with E-state index < -0.39 is 0 Å². The van der Waals surface area contributed by atoms with Crippen molar-refractivity contribution in [1.82, 2.24) is 5.32 Å². The maximum atomic E-state index is 3.56. The molecule has 0 radical (unpaired) electrons. The highest BCUT2D eigenvalue weighted by Gasteiger charge is 2.26. The Morgan fingerprint density at radius 1 is 1.06 bits per heavy atom. The van der Waals surface area contributed by atoms with Crippen molar-refractivity contribution in [2.24, 2.45) is 5.92 Å². The van der Waals surface area contributed by atoms with Gasteiger partial charge in [0.05, 0.1) is 0 Å². The first-order chi connectivity index (χ1) is 8.88. The van der Waals surface area contributed by atoms with Crippen LogP contribution in [0.4, 0.5) is 0 Å². The highest BCUT2D eigenvalue weighted by molar-refractivity contribution is 5.30. The van der Waals surface area contributed by atoms with Crippen molar-refractivity contribution in [3.8, 4) is 0 Å². The molecule has 0 spiro atoms. The summed E-state index contributed by atoms with van der Waals surface area (Å²) in [7, 11) is 2.12. The minimum Gasteiger partial charge on any atom is -0.313 e. The van der Waals surface area contributed by atoms with Crippen molar-refractivity contribution in [2.75, 3.05) is 7.05 Å². The summed E-state index contributed by atoms with van der Waals surface area (Å²) in [6.07, 6.45) is 9.87. The summed E-state index contributed by atoms with van der Waals surface area (Å²) >= 11 is 0. The van der Waals surface area contributed by atoms with E-state index in [2.05, 4.69) is 36.6 Å². The van der Waals surface area contributed by atoms with Crippen molar-refractivity contribution in [2.45, 2.75) is 56.9 Å². The van der Waals surface area contributed by atoms with Crippen LogP contribution in [0.5, 0.6) is 0 Å². The molecule has 3 rings (SSSR count). The second-order valence-electron chi connectivity index (χ2n) is 6.11. The fraction of sp³-hybridized carbons (Fsp3) is 0.647. The average molecular weight is 243 g/mol. The van der Waals surface area contributed by atoms with Gasteiger partial charge in [-0.2, -0.15) is 0 Å². The van der Waals surface area contributed by atoms with Gasteiger partial charge < -0.3 is 5.32 Å². The zero-order valence-electron chi connectivity index (χ0n) is 11.5. The van der Waals surface area contributed by atoms with Crippen molar-refractivity contribution in [1.29, 1.82) is 0 Å². The summed E-state index contributed by atoms with van der Waals surface area (Å²) in [6.45, 7) is 0. The van der Waals surface area contributed by atoms with Crippen molar-refractivity contribution < 1.29 is 0 Å². The van der Waals surface area contributed by atoms with Crippen LogP contribution in [0.15, 0.2) is 24.3 Å². The quantitative estimate of drug-likeness (QED) is 0.826. The Bertz CT molecular complexity index is 388. The Balaban J connectivity index is 1.80. The first kappa shape index (κ1) is 12.2. The molecule has 18 heavy (non-hydrogen) atoms. The number of nitrogens with one attached hydrogen (secondary N) is 1. The summed E-state index contributed by atoms with van der Waals surface area (Å²) in [6, 6.07) is 9.97. The molecule has 2 fully saturated rings. The van der Waals surface area contributed by atoms with Crippen LogP contribution >= 0.6 is 0 Å². The molecule has 1 atom stereocenters. The van der Waals surface area contributed by atoms with Gasteiger partial charge in [-0.25, -0.2) is 0 Å². The fourth-order valence-corrected chi connectivity index (χ4v) is 3.71. The van der Waals surface area contributed by atoms with Crippen LogP contribution in [0.2, 0.25) is 0 Å². The molecule has 98 valence electrons. The van der Waals surface area contributed by atoms with Crippen molar-refractivity contribution >= 4 is 0 Å². The second-order valence-corrected chi connectivity index (χ2v) is 6.11. The summed E-state index contributed by atoms with van der Waals surface area (Å²) in [4.78, 5) is 0. The number of benzene rings is 1. The zero-order chi connectivity index (χ0) is 12.4. The Hall–Kier alpha value is -0.820. The summed E-state index contributed by atoms with van der Waals surface area (Å²) in [5.74, 6) is 1.71. The van der Waals surface area contributed by atoms with Gasteiger partial charge in [-0.15, -0.1) is 0 Å². The molecule has 0 bridgehead atoms. The highest BCUT2D eigenvalue weighted by Crippen LogP contribution is 2.39. The molecule has 0 saturated heterocycles. The normalized spacial score (nSPS) is 22.9. The van der Waals surface area contributed by atoms with Gasteiger partial charge in [0.15, 0.2) is 0 Å². The SMILES string of the molecule is CNC(c1cccc(C2CCC2)c1)C1CCCC1. The second kappa shape index (κ2) is 5.44. The number of hydrogen-bond donors (Lipinski definition) is 1. The summed E-state index contributed by atoms with van der Waals surface area (Å²) in [5, 5.41) is 3.56. The predicted octanol–water partition coefficient (Wildman–Crippen LogP) is 4.40. The van der Waals surface area contributed by atoms with Gasteiger partial charge in [-0.1, -0.05) is 43.5 Å². The highest BCUT2D eigenvalue weighted by atomic mass is 14.9. The van der Waals surface area contributed by atoms with Gasteiger partial charge in [0.2, 0.25) is 0 Å². The molecule has 1 unspecified atom stereocenters. The van der Waals surface area contributed by atoms with E-state index in [1.54, 1.807) is 5.56 Å². The Morgan fingerprint density at radius 3 is 2.44 bits per heavy atom. The molecule has 1 N–H and O–H groups in total. The Morgan fingerprint density at radius 2 is 1.83 bits per heavy atom. The summed E-state index contributed by atoms with van der Waals surface area (Å²) in [5.41, 5.74) is 3.10. The third-order valence-electron chi connectivity index (χ3n) is 5.03. The van der Waals surface area contributed by atoms with Gasteiger partial charge in [-0.3, -0.25) is 0 Å². The van der Waals surface area contributed by atoms with E-state index in [4.69, 9.17) is 0 Å². The number of rotatable bonds is 4. The van der Waals surface area contributed by atoms with Crippen molar-refractivity contribution in [3.63, 3.8) is 0 Å². The lowest BCUT2D eigenvalue weighted by Gasteiger charge is -2.28. The largest absolute Gasteiger partial charge is 0.313 e. The van der Waals surface area contributed by atoms with Gasteiger partial charge >= 0.3 is 0 Å². The van der Waals surface area contributed by atoms with Crippen LogP contribution in [0.25, 0.3) is 0 Å². The maximum absolute atomic E-state index is 3.56. The molecule has 0 aliphatic heterocycles. The lowest BCUT2D eigenvalue weighted by atomic mass is 9.79. The standard InChI is InChI=1S/C17H25N/c1-18-17(14-6-2-3-7-14)16-11-5-10-15(12-16)13-8-4-9-13/h5,10-14,17-18H,2-4,6-9H2,1H3. The van der Waals surface area contributed by atoms with Gasteiger partial charge in [0.25, 0.3) is 0 Å². The van der Waals surface area contributed by atoms with E-state index in [-0.39, 0.29) is 0 Å². The van der Waals surface area contributed by atoms with Crippen LogP contribution in [0.3, 0.4) is 0 Å². The molecule has 0 aromatic heterocycles. The molecule has 1 nitrogen and oxygen atoms in total. The molecule has 2 aliphatic carbocycles. The van der Waals surface area contributed by atoms with Crippen LogP contribution in [0.1, 0.15) is 68.0 Å². The lowest BCUT2D eigenvalue weighted by molar-refractivity contribution is 0.387. The fourth-order valence-electron chi connectivity index (χ4n) is 3.71. The lowest BCUT2D eigenvalue weighted by Crippen LogP contribution is -2.24. The van der Waals surface area contributed by atoms with Gasteiger partial charge in [-0.05, 0) is 55.7 Å². The maximum Gasteiger partial charge on any atom is 0.0346 e. The van der Waals surface area contributed by atoms with E-state index >= 15 is 0 Å². The van der Waals surface area contributed by atoms with E-state index in [0.717, 1.165) is 11.8 Å². The van der Waals surface area contributed by atoms with Crippen molar-refractivity contribution in [3.05, 3.63) is 35.4 Å². The van der Waals surface area contributed by atoms with Crippen LogP contribution in [-0.2, 0) is 0 Å². The smallest absolute Gasteiger partial charge is 0.0346 e. The number of hydrogen-bond acceptors (Lipinski definition) is 1. The minimum atomic E-state index is 0.576. The third kappa shape index (κ3) is 2.33. The van der Waals surface area contributed by atoms with E-state index in [9.17, 15) is 0 Å². The van der Waals surface area contributed by atoms with E-state index in [1.165, 1.54) is 50.5 Å². The minimum absolute atomic E-state index is 0.576. The molecule has 0 amide bonds. The molecule has 2 saturated carbocycles. The molecule has 1 aromatic rings. The van der Waals surface area contributed by atoms with Crippen LogP contribution < -0.4 is 5.32 Å². The predicted molar refractivity (Wildman–Crippen MR) is 76.8 cm³/mol.